The number of hydrogen-bond acceptors (Lipinski definition) is 2. The van der Waals surface area contributed by atoms with Crippen molar-refractivity contribution in [2.24, 2.45) is 10.9 Å². The van der Waals surface area contributed by atoms with E-state index in [0.29, 0.717) is 0 Å². The van der Waals surface area contributed by atoms with E-state index in [1.165, 1.54) is 18.4 Å². The molecule has 2 heterocycles. The summed E-state index contributed by atoms with van der Waals surface area (Å²) in [5, 5.41) is 3.50. The Hall–Kier alpha value is -2.36. The van der Waals surface area contributed by atoms with E-state index in [-0.39, 0.29) is 0 Å². The van der Waals surface area contributed by atoms with Crippen molar-refractivity contribution >= 4 is 5.96 Å². The molecule has 0 unspecified atom stereocenters. The molecular weight excluding hydrogens is 296 g/mol. The van der Waals surface area contributed by atoms with Gasteiger partial charge in [-0.25, -0.2) is 0 Å². The second-order valence-corrected chi connectivity index (χ2v) is 6.49. The third kappa shape index (κ3) is 4.13. The first kappa shape index (κ1) is 16.5. The van der Waals surface area contributed by atoms with Crippen molar-refractivity contribution in [3.8, 4) is 11.3 Å². The van der Waals surface area contributed by atoms with Crippen LogP contribution in [0.3, 0.4) is 0 Å². The zero-order valence-corrected chi connectivity index (χ0v) is 14.6. The summed E-state index contributed by atoms with van der Waals surface area (Å²) in [6, 6.07) is 14.5. The molecule has 3 rings (SSSR count). The summed E-state index contributed by atoms with van der Waals surface area (Å²) in [5.41, 5.74) is 3.40. The van der Waals surface area contributed by atoms with E-state index in [1.807, 2.05) is 31.4 Å². The van der Waals surface area contributed by atoms with E-state index in [9.17, 15) is 0 Å². The number of aliphatic imine (C=N–C) groups is 1. The minimum absolute atomic E-state index is 0.777. The fourth-order valence-corrected chi connectivity index (χ4v) is 3.11. The molecule has 0 spiro atoms. The number of nitrogens with one attached hydrogen (secondary N) is 1. The Morgan fingerprint density at radius 2 is 2.04 bits per heavy atom. The molecule has 1 saturated heterocycles. The second kappa shape index (κ2) is 7.95. The third-order valence-electron chi connectivity index (χ3n) is 4.63. The standard InChI is InChI=1S/C20H26N4/c1-16-9-12-24(13-10-16)20(21-2)23-15-17-6-5-7-18(14-17)19-8-3-4-11-22-19/h3-8,11,14,16H,9-10,12-13,15H2,1-2H3,(H,21,23). The monoisotopic (exact) mass is 322 g/mol. The summed E-state index contributed by atoms with van der Waals surface area (Å²) in [4.78, 5) is 11.2. The van der Waals surface area contributed by atoms with E-state index in [1.54, 1.807) is 0 Å². The lowest BCUT2D eigenvalue weighted by Gasteiger charge is -2.33. The lowest BCUT2D eigenvalue weighted by atomic mass is 9.99. The molecule has 1 aliphatic rings. The molecule has 4 nitrogen and oxygen atoms in total. The van der Waals surface area contributed by atoms with Crippen molar-refractivity contribution in [1.29, 1.82) is 0 Å². The molecule has 2 aromatic rings. The molecule has 1 fully saturated rings. The van der Waals surface area contributed by atoms with Crippen molar-refractivity contribution in [3.05, 3.63) is 54.2 Å². The fraction of sp³-hybridized carbons (Fsp3) is 0.400. The first-order valence-corrected chi connectivity index (χ1v) is 8.72. The first-order chi connectivity index (χ1) is 11.8. The van der Waals surface area contributed by atoms with Gasteiger partial charge in [-0.15, -0.1) is 0 Å². The Kier molecular flexibility index (Phi) is 5.47. The van der Waals surface area contributed by atoms with E-state index in [0.717, 1.165) is 42.8 Å². The predicted molar refractivity (Wildman–Crippen MR) is 99.8 cm³/mol. The van der Waals surface area contributed by atoms with Gasteiger partial charge < -0.3 is 10.2 Å². The van der Waals surface area contributed by atoms with Crippen LogP contribution in [0.15, 0.2) is 53.7 Å². The molecular formula is C20H26N4. The number of guanidine groups is 1. The van der Waals surface area contributed by atoms with Crippen LogP contribution >= 0.6 is 0 Å². The smallest absolute Gasteiger partial charge is 0.193 e. The SMILES string of the molecule is CN=C(NCc1cccc(-c2ccccn2)c1)N1CCC(C)CC1. The van der Waals surface area contributed by atoms with Crippen LogP contribution in [0.2, 0.25) is 0 Å². The van der Waals surface area contributed by atoms with Crippen LogP contribution in [0.1, 0.15) is 25.3 Å². The van der Waals surface area contributed by atoms with E-state index < -0.39 is 0 Å². The number of likely N-dealkylation sites (tertiary alicyclic amines) is 1. The number of nitrogens with zero attached hydrogens (tertiary/aromatic N) is 3. The molecule has 0 bridgehead atoms. The summed E-state index contributed by atoms with van der Waals surface area (Å²) >= 11 is 0. The van der Waals surface area contributed by atoms with Crippen molar-refractivity contribution in [1.82, 2.24) is 15.2 Å². The predicted octanol–water partition coefficient (Wildman–Crippen LogP) is 3.56. The number of piperidine rings is 1. The van der Waals surface area contributed by atoms with Crippen molar-refractivity contribution < 1.29 is 0 Å². The fourth-order valence-electron chi connectivity index (χ4n) is 3.11. The average molecular weight is 322 g/mol. The van der Waals surface area contributed by atoms with Gasteiger partial charge in [0.25, 0.3) is 0 Å². The van der Waals surface area contributed by atoms with Gasteiger partial charge in [0.2, 0.25) is 0 Å². The molecule has 0 amide bonds. The Labute approximate surface area is 144 Å². The maximum absolute atomic E-state index is 4.45. The van der Waals surface area contributed by atoms with E-state index >= 15 is 0 Å². The Bertz CT molecular complexity index is 673. The molecule has 0 saturated carbocycles. The lowest BCUT2D eigenvalue weighted by molar-refractivity contribution is 0.273. The zero-order chi connectivity index (χ0) is 16.8. The lowest BCUT2D eigenvalue weighted by Crippen LogP contribution is -2.45. The van der Waals surface area contributed by atoms with Gasteiger partial charge in [-0.05, 0) is 42.5 Å². The van der Waals surface area contributed by atoms with Crippen LogP contribution in [0.25, 0.3) is 11.3 Å². The zero-order valence-electron chi connectivity index (χ0n) is 14.6. The normalized spacial score (nSPS) is 16.2. The number of benzene rings is 1. The summed E-state index contributed by atoms with van der Waals surface area (Å²) in [7, 11) is 1.87. The highest BCUT2D eigenvalue weighted by atomic mass is 15.3. The maximum atomic E-state index is 4.45. The number of aromatic nitrogens is 1. The molecule has 1 aliphatic heterocycles. The number of rotatable bonds is 3. The van der Waals surface area contributed by atoms with Gasteiger partial charge in [0, 0.05) is 38.4 Å². The highest BCUT2D eigenvalue weighted by Gasteiger charge is 2.18. The molecule has 4 heteroatoms. The molecule has 24 heavy (non-hydrogen) atoms. The highest BCUT2D eigenvalue weighted by Crippen LogP contribution is 2.18. The van der Waals surface area contributed by atoms with Gasteiger partial charge in [0.15, 0.2) is 5.96 Å². The van der Waals surface area contributed by atoms with Crippen LogP contribution in [-0.4, -0.2) is 36.0 Å². The van der Waals surface area contributed by atoms with Gasteiger partial charge in [-0.2, -0.15) is 0 Å². The Morgan fingerprint density at radius 1 is 1.21 bits per heavy atom. The van der Waals surface area contributed by atoms with Gasteiger partial charge in [0.05, 0.1) is 5.69 Å². The highest BCUT2D eigenvalue weighted by molar-refractivity contribution is 5.80. The van der Waals surface area contributed by atoms with Crippen LogP contribution in [0.4, 0.5) is 0 Å². The van der Waals surface area contributed by atoms with Crippen molar-refractivity contribution in [3.63, 3.8) is 0 Å². The molecule has 126 valence electrons. The largest absolute Gasteiger partial charge is 0.352 e. The van der Waals surface area contributed by atoms with Crippen molar-refractivity contribution in [2.45, 2.75) is 26.3 Å². The van der Waals surface area contributed by atoms with Crippen molar-refractivity contribution in [2.75, 3.05) is 20.1 Å². The van der Waals surface area contributed by atoms with E-state index in [2.05, 4.69) is 51.4 Å². The molecule has 0 atom stereocenters. The maximum Gasteiger partial charge on any atom is 0.193 e. The minimum Gasteiger partial charge on any atom is -0.352 e. The van der Waals surface area contributed by atoms with Crippen LogP contribution in [-0.2, 0) is 6.54 Å². The molecule has 1 aromatic carbocycles. The summed E-state index contributed by atoms with van der Waals surface area (Å²) in [6.07, 6.45) is 4.32. The van der Waals surface area contributed by atoms with E-state index in [4.69, 9.17) is 0 Å². The van der Waals surface area contributed by atoms with Gasteiger partial charge in [-0.3, -0.25) is 9.98 Å². The average Bonchev–Trinajstić information content (AvgIpc) is 2.64. The number of hydrogen-bond donors (Lipinski definition) is 1. The minimum atomic E-state index is 0.777. The summed E-state index contributed by atoms with van der Waals surface area (Å²) < 4.78 is 0. The third-order valence-corrected chi connectivity index (χ3v) is 4.63. The summed E-state index contributed by atoms with van der Waals surface area (Å²) in [6.45, 7) is 5.29. The molecule has 0 aliphatic carbocycles. The first-order valence-electron chi connectivity index (χ1n) is 8.72. The summed E-state index contributed by atoms with van der Waals surface area (Å²) in [5.74, 6) is 1.83. The Morgan fingerprint density at radius 3 is 2.75 bits per heavy atom. The Balaban J connectivity index is 1.64. The second-order valence-electron chi connectivity index (χ2n) is 6.49. The number of pyridine rings is 1. The topological polar surface area (TPSA) is 40.5 Å². The van der Waals surface area contributed by atoms with Crippen LogP contribution in [0.5, 0.6) is 0 Å². The quantitative estimate of drug-likeness (QED) is 0.694. The van der Waals surface area contributed by atoms with Crippen LogP contribution < -0.4 is 5.32 Å². The molecule has 0 radical (unpaired) electrons. The van der Waals surface area contributed by atoms with Crippen LogP contribution in [0, 0.1) is 5.92 Å². The van der Waals surface area contributed by atoms with Gasteiger partial charge >= 0.3 is 0 Å². The van der Waals surface area contributed by atoms with Gasteiger partial charge in [0.1, 0.15) is 0 Å². The molecule has 1 aromatic heterocycles. The van der Waals surface area contributed by atoms with Gasteiger partial charge in [-0.1, -0.05) is 31.2 Å². The molecule has 1 N–H and O–H groups in total.